The number of rotatable bonds is 5. The van der Waals surface area contributed by atoms with Crippen LogP contribution in [0.15, 0.2) is 59.0 Å². The van der Waals surface area contributed by atoms with Crippen LogP contribution < -0.4 is 19.9 Å². The fourth-order valence-corrected chi connectivity index (χ4v) is 5.23. The minimum absolute atomic E-state index is 0.0582. The molecule has 0 unspecified atom stereocenters. The fraction of sp³-hybridized carbons (Fsp3) is 0.240. The van der Waals surface area contributed by atoms with Crippen molar-refractivity contribution in [3.8, 4) is 22.6 Å². The number of fused-ring (bicyclic) bond motifs is 2. The van der Waals surface area contributed by atoms with Crippen LogP contribution in [0.2, 0.25) is 0 Å². The summed E-state index contributed by atoms with van der Waals surface area (Å²) in [5, 5.41) is 2.41. The van der Waals surface area contributed by atoms with E-state index < -0.39 is 0 Å². The smallest absolute Gasteiger partial charge is 0.263 e. The molecule has 7 nitrogen and oxygen atoms in total. The Kier molecular flexibility index (Phi) is 5.60. The Bertz CT molecular complexity index is 1410. The summed E-state index contributed by atoms with van der Waals surface area (Å²) in [6.45, 7) is 0.590. The summed E-state index contributed by atoms with van der Waals surface area (Å²) in [5.74, 6) is 1.08. The van der Waals surface area contributed by atoms with Gasteiger partial charge < -0.3 is 14.4 Å². The number of carbonyl (C=O) groups is 1. The van der Waals surface area contributed by atoms with E-state index in [0.717, 1.165) is 35.2 Å². The average molecular weight is 462 g/mol. The van der Waals surface area contributed by atoms with E-state index in [2.05, 4.69) is 11.1 Å². The molecule has 0 fully saturated rings. The van der Waals surface area contributed by atoms with Crippen molar-refractivity contribution < 1.29 is 14.3 Å². The lowest BCUT2D eigenvalue weighted by molar-refractivity contribution is -0.119. The first kappa shape index (κ1) is 21.2. The van der Waals surface area contributed by atoms with E-state index in [1.165, 1.54) is 22.2 Å². The van der Waals surface area contributed by atoms with Gasteiger partial charge in [-0.1, -0.05) is 24.3 Å². The highest BCUT2D eigenvalue weighted by atomic mass is 32.1. The number of hydrogen-bond donors (Lipinski definition) is 0. The van der Waals surface area contributed by atoms with E-state index >= 15 is 0 Å². The number of amides is 1. The molecule has 0 N–H and O–H groups in total. The Morgan fingerprint density at radius 2 is 1.94 bits per heavy atom. The molecule has 1 aliphatic heterocycles. The van der Waals surface area contributed by atoms with Gasteiger partial charge in [-0.2, -0.15) is 0 Å². The maximum atomic E-state index is 13.4. The SMILES string of the molecule is COc1ccc(-c2csc3ncn(CC(=O)N4CCCc5ccccc54)c(=O)c23)cc1OC. The molecule has 168 valence electrons. The number of para-hydroxylation sites is 1. The lowest BCUT2D eigenvalue weighted by Crippen LogP contribution is -2.39. The van der Waals surface area contributed by atoms with Gasteiger partial charge in [0.25, 0.3) is 5.56 Å². The zero-order valence-corrected chi connectivity index (χ0v) is 19.2. The highest BCUT2D eigenvalue weighted by Crippen LogP contribution is 2.36. The van der Waals surface area contributed by atoms with Gasteiger partial charge in [-0.25, -0.2) is 4.98 Å². The fourth-order valence-electron chi connectivity index (χ4n) is 4.32. The van der Waals surface area contributed by atoms with Crippen molar-refractivity contribution in [3.05, 3.63) is 70.1 Å². The maximum absolute atomic E-state index is 13.4. The Morgan fingerprint density at radius 1 is 1.12 bits per heavy atom. The van der Waals surface area contributed by atoms with Gasteiger partial charge in [0.05, 0.1) is 25.9 Å². The van der Waals surface area contributed by atoms with Gasteiger partial charge in [-0.05, 0) is 42.2 Å². The van der Waals surface area contributed by atoms with Crippen LogP contribution in [0.25, 0.3) is 21.3 Å². The minimum Gasteiger partial charge on any atom is -0.493 e. The highest BCUT2D eigenvalue weighted by Gasteiger charge is 2.23. The number of aryl methyl sites for hydroxylation is 1. The second kappa shape index (κ2) is 8.71. The molecule has 4 aromatic rings. The van der Waals surface area contributed by atoms with Crippen LogP contribution in [-0.4, -0.2) is 36.2 Å². The molecule has 5 rings (SSSR count). The molecule has 0 bridgehead atoms. The van der Waals surface area contributed by atoms with Gasteiger partial charge in [0.2, 0.25) is 5.91 Å². The number of aromatic nitrogens is 2. The van der Waals surface area contributed by atoms with Crippen molar-refractivity contribution in [1.29, 1.82) is 0 Å². The predicted molar refractivity (Wildman–Crippen MR) is 130 cm³/mol. The minimum atomic E-state index is -0.232. The first-order chi connectivity index (χ1) is 16.1. The Balaban J connectivity index is 1.51. The van der Waals surface area contributed by atoms with Crippen LogP contribution >= 0.6 is 11.3 Å². The van der Waals surface area contributed by atoms with Crippen molar-refractivity contribution >= 4 is 33.1 Å². The Hall–Kier alpha value is -3.65. The van der Waals surface area contributed by atoms with E-state index in [1.54, 1.807) is 19.1 Å². The van der Waals surface area contributed by atoms with Gasteiger partial charge in [-0.3, -0.25) is 14.2 Å². The Labute approximate surface area is 194 Å². The summed E-state index contributed by atoms with van der Waals surface area (Å²) in [6, 6.07) is 13.5. The van der Waals surface area contributed by atoms with Crippen molar-refractivity contribution in [2.45, 2.75) is 19.4 Å². The first-order valence-electron chi connectivity index (χ1n) is 10.7. The second-order valence-corrected chi connectivity index (χ2v) is 8.71. The number of benzene rings is 2. The average Bonchev–Trinajstić information content (AvgIpc) is 3.30. The monoisotopic (exact) mass is 461 g/mol. The van der Waals surface area contributed by atoms with Gasteiger partial charge in [0, 0.05) is 23.2 Å². The summed E-state index contributed by atoms with van der Waals surface area (Å²) >= 11 is 1.40. The zero-order valence-electron chi connectivity index (χ0n) is 18.4. The number of carbonyl (C=O) groups excluding carboxylic acids is 1. The maximum Gasteiger partial charge on any atom is 0.263 e. The second-order valence-electron chi connectivity index (χ2n) is 7.85. The zero-order chi connectivity index (χ0) is 22.9. The number of anilines is 1. The van der Waals surface area contributed by atoms with E-state index in [4.69, 9.17) is 9.47 Å². The summed E-state index contributed by atoms with van der Waals surface area (Å²) in [5.41, 5.74) is 3.44. The largest absolute Gasteiger partial charge is 0.493 e. The van der Waals surface area contributed by atoms with Crippen LogP contribution in [0.4, 0.5) is 5.69 Å². The van der Waals surface area contributed by atoms with E-state index in [9.17, 15) is 9.59 Å². The van der Waals surface area contributed by atoms with Crippen LogP contribution in [0.5, 0.6) is 11.5 Å². The third kappa shape index (κ3) is 3.76. The standard InChI is InChI=1S/C25H23N3O4S/c1-31-20-10-9-17(12-21(20)32-2)18-14-33-24-23(18)25(30)27(15-26-24)13-22(29)28-11-5-7-16-6-3-4-8-19(16)28/h3-4,6,8-10,12,14-15H,5,7,11,13H2,1-2H3. The molecule has 0 spiro atoms. The quantitative estimate of drug-likeness (QED) is 0.447. The lowest BCUT2D eigenvalue weighted by atomic mass is 10.0. The van der Waals surface area contributed by atoms with E-state index in [-0.39, 0.29) is 18.0 Å². The van der Waals surface area contributed by atoms with E-state index in [1.807, 2.05) is 41.8 Å². The molecule has 0 saturated heterocycles. The molecule has 1 aliphatic rings. The van der Waals surface area contributed by atoms with E-state index in [0.29, 0.717) is 28.3 Å². The highest BCUT2D eigenvalue weighted by molar-refractivity contribution is 7.17. The molecule has 2 aromatic heterocycles. The molecule has 33 heavy (non-hydrogen) atoms. The molecule has 0 radical (unpaired) electrons. The van der Waals surface area contributed by atoms with Crippen molar-refractivity contribution in [3.63, 3.8) is 0 Å². The van der Waals surface area contributed by atoms with Crippen molar-refractivity contribution in [2.24, 2.45) is 0 Å². The molecule has 3 heterocycles. The summed E-state index contributed by atoms with van der Waals surface area (Å²) < 4.78 is 12.1. The van der Waals surface area contributed by atoms with Crippen LogP contribution in [-0.2, 0) is 17.8 Å². The Morgan fingerprint density at radius 3 is 2.76 bits per heavy atom. The number of ether oxygens (including phenoxy) is 2. The number of hydrogen-bond acceptors (Lipinski definition) is 6. The van der Waals surface area contributed by atoms with Gasteiger partial charge in [0.15, 0.2) is 11.5 Å². The van der Waals surface area contributed by atoms with Crippen LogP contribution in [0, 0.1) is 0 Å². The molecule has 0 saturated carbocycles. The van der Waals surface area contributed by atoms with Crippen molar-refractivity contribution in [1.82, 2.24) is 9.55 Å². The molecule has 0 atom stereocenters. The van der Waals surface area contributed by atoms with Crippen LogP contribution in [0.1, 0.15) is 12.0 Å². The topological polar surface area (TPSA) is 73.7 Å². The molecular formula is C25H23N3O4S. The van der Waals surface area contributed by atoms with Gasteiger partial charge in [0.1, 0.15) is 11.4 Å². The summed E-state index contributed by atoms with van der Waals surface area (Å²) in [6.07, 6.45) is 3.33. The number of methoxy groups -OCH3 is 2. The first-order valence-corrected chi connectivity index (χ1v) is 11.6. The molecule has 0 aliphatic carbocycles. The molecule has 1 amide bonds. The predicted octanol–water partition coefficient (Wildman–Crippen LogP) is 4.12. The molecular weight excluding hydrogens is 438 g/mol. The molecule has 2 aromatic carbocycles. The van der Waals surface area contributed by atoms with Crippen molar-refractivity contribution in [2.75, 3.05) is 25.7 Å². The lowest BCUT2D eigenvalue weighted by Gasteiger charge is -2.29. The van der Waals surface area contributed by atoms with Crippen LogP contribution in [0.3, 0.4) is 0 Å². The number of thiophene rings is 1. The normalized spacial score (nSPS) is 13.1. The summed E-state index contributed by atoms with van der Waals surface area (Å²) in [7, 11) is 3.16. The summed E-state index contributed by atoms with van der Waals surface area (Å²) in [4.78, 5) is 33.5. The number of nitrogens with zero attached hydrogens (tertiary/aromatic N) is 3. The van der Waals surface area contributed by atoms with Gasteiger partial charge >= 0.3 is 0 Å². The van der Waals surface area contributed by atoms with Gasteiger partial charge in [-0.15, -0.1) is 11.3 Å². The third-order valence-electron chi connectivity index (χ3n) is 5.97. The third-order valence-corrected chi connectivity index (χ3v) is 6.86. The molecule has 8 heteroatoms.